The van der Waals surface area contributed by atoms with Gasteiger partial charge in [0.05, 0.1) is 24.4 Å². The Labute approximate surface area is 135 Å². The van der Waals surface area contributed by atoms with Crippen molar-refractivity contribution < 1.29 is 4.74 Å². The van der Waals surface area contributed by atoms with Gasteiger partial charge in [0, 0.05) is 18.1 Å². The molecule has 1 aromatic heterocycles. The summed E-state index contributed by atoms with van der Waals surface area (Å²) in [5.74, 6) is 0.805. The molecule has 0 N–H and O–H groups in total. The van der Waals surface area contributed by atoms with Gasteiger partial charge in [0.2, 0.25) is 0 Å². The summed E-state index contributed by atoms with van der Waals surface area (Å²) in [6, 6.07) is 5.74. The second kappa shape index (κ2) is 5.95. The number of morpholine rings is 1. The Morgan fingerprint density at radius 2 is 1.95 bits per heavy atom. The number of ether oxygens (including phenoxy) is 1. The smallest absolute Gasteiger partial charge is 0.176 e. The molecule has 1 fully saturated rings. The third-order valence-electron chi connectivity index (χ3n) is 4.22. The van der Waals surface area contributed by atoms with Gasteiger partial charge < -0.3 is 4.74 Å². The van der Waals surface area contributed by atoms with Crippen LogP contribution < -0.4 is 0 Å². The van der Waals surface area contributed by atoms with Crippen molar-refractivity contribution in [2.75, 3.05) is 26.3 Å². The van der Waals surface area contributed by atoms with Crippen LogP contribution in [0.25, 0.3) is 5.69 Å². The summed E-state index contributed by atoms with van der Waals surface area (Å²) in [5, 5.41) is 13.0. The Morgan fingerprint density at radius 3 is 2.68 bits per heavy atom. The van der Waals surface area contributed by atoms with E-state index in [0.29, 0.717) is 5.02 Å². The molecule has 0 radical (unpaired) electrons. The molecule has 0 unspecified atom stereocenters. The molecule has 0 saturated carbocycles. The molecule has 22 heavy (non-hydrogen) atoms. The Balaban J connectivity index is 2.02. The number of aryl methyl sites for hydroxylation is 1. The fourth-order valence-corrected chi connectivity index (χ4v) is 2.97. The first-order chi connectivity index (χ1) is 10.5. The molecule has 0 amide bonds. The van der Waals surface area contributed by atoms with Gasteiger partial charge in [0.25, 0.3) is 0 Å². The third-order valence-corrected chi connectivity index (χ3v) is 4.45. The van der Waals surface area contributed by atoms with Gasteiger partial charge in [-0.3, -0.25) is 4.90 Å². The van der Waals surface area contributed by atoms with Gasteiger partial charge in [-0.25, -0.2) is 0 Å². The topological polar surface area (TPSA) is 56.1 Å². The van der Waals surface area contributed by atoms with E-state index in [1.54, 1.807) is 4.68 Å². The summed E-state index contributed by atoms with van der Waals surface area (Å²) in [7, 11) is 0. The summed E-state index contributed by atoms with van der Waals surface area (Å²) in [6.45, 7) is 9.52. The fraction of sp³-hybridized carbons (Fsp3) is 0.533. The lowest BCUT2D eigenvalue weighted by Gasteiger charge is -2.39. The number of aromatic nitrogens is 4. The quantitative estimate of drug-likeness (QED) is 0.867. The Kier molecular flexibility index (Phi) is 4.16. The van der Waals surface area contributed by atoms with E-state index in [2.05, 4.69) is 34.3 Å². The molecular formula is C15H20ClN5O. The van der Waals surface area contributed by atoms with E-state index >= 15 is 0 Å². The number of hydrogen-bond acceptors (Lipinski definition) is 5. The van der Waals surface area contributed by atoms with E-state index in [9.17, 15) is 0 Å². The second-order valence-electron chi connectivity index (χ2n) is 6.00. The molecule has 2 aromatic rings. The molecule has 1 aliphatic heterocycles. The minimum absolute atomic E-state index is 0.290. The number of tetrazole rings is 1. The monoisotopic (exact) mass is 321 g/mol. The van der Waals surface area contributed by atoms with Gasteiger partial charge in [0.1, 0.15) is 0 Å². The molecule has 1 saturated heterocycles. The van der Waals surface area contributed by atoms with E-state index in [-0.39, 0.29) is 5.54 Å². The van der Waals surface area contributed by atoms with Crippen molar-refractivity contribution in [3.8, 4) is 5.69 Å². The molecule has 6 nitrogen and oxygen atoms in total. The van der Waals surface area contributed by atoms with Crippen molar-refractivity contribution in [3.63, 3.8) is 0 Å². The Morgan fingerprint density at radius 1 is 1.23 bits per heavy atom. The zero-order chi connectivity index (χ0) is 15.7. The van der Waals surface area contributed by atoms with Crippen LogP contribution in [0.2, 0.25) is 5.02 Å². The zero-order valence-electron chi connectivity index (χ0n) is 13.1. The first-order valence-corrected chi connectivity index (χ1v) is 7.76. The van der Waals surface area contributed by atoms with Crippen molar-refractivity contribution in [3.05, 3.63) is 34.6 Å². The standard InChI is InChI=1S/C15H20ClN5O/c1-11-4-5-12(16)10-13(11)21-14(17-18-19-21)15(2,3)20-6-8-22-9-7-20/h4-5,10H,6-9H2,1-3H3. The van der Waals surface area contributed by atoms with Crippen molar-refractivity contribution >= 4 is 11.6 Å². The number of hydrogen-bond donors (Lipinski definition) is 0. The van der Waals surface area contributed by atoms with Crippen LogP contribution in [0.4, 0.5) is 0 Å². The zero-order valence-corrected chi connectivity index (χ0v) is 13.8. The van der Waals surface area contributed by atoms with Crippen LogP contribution in [0.3, 0.4) is 0 Å². The first-order valence-electron chi connectivity index (χ1n) is 7.38. The Bertz CT molecular complexity index is 664. The van der Waals surface area contributed by atoms with E-state index < -0.39 is 0 Å². The van der Waals surface area contributed by atoms with Gasteiger partial charge in [-0.1, -0.05) is 17.7 Å². The number of benzene rings is 1. The van der Waals surface area contributed by atoms with Crippen LogP contribution in [-0.4, -0.2) is 51.4 Å². The highest BCUT2D eigenvalue weighted by Crippen LogP contribution is 2.29. The number of nitrogens with zero attached hydrogens (tertiary/aromatic N) is 5. The Hall–Kier alpha value is -1.50. The van der Waals surface area contributed by atoms with E-state index in [0.717, 1.165) is 43.4 Å². The fourth-order valence-electron chi connectivity index (χ4n) is 2.81. The van der Waals surface area contributed by atoms with E-state index in [1.807, 2.05) is 25.1 Å². The minimum Gasteiger partial charge on any atom is -0.379 e. The van der Waals surface area contributed by atoms with E-state index in [4.69, 9.17) is 16.3 Å². The molecule has 0 bridgehead atoms. The summed E-state index contributed by atoms with van der Waals surface area (Å²) in [5.41, 5.74) is 1.70. The summed E-state index contributed by atoms with van der Waals surface area (Å²) in [6.07, 6.45) is 0. The van der Waals surface area contributed by atoms with Crippen molar-refractivity contribution in [1.29, 1.82) is 0 Å². The highest BCUT2D eigenvalue weighted by Gasteiger charge is 2.35. The molecule has 1 aliphatic rings. The maximum Gasteiger partial charge on any atom is 0.176 e. The average molecular weight is 322 g/mol. The number of rotatable bonds is 3. The highest BCUT2D eigenvalue weighted by molar-refractivity contribution is 6.30. The normalized spacial score (nSPS) is 16.9. The predicted molar refractivity (Wildman–Crippen MR) is 84.3 cm³/mol. The van der Waals surface area contributed by atoms with Gasteiger partial charge >= 0.3 is 0 Å². The predicted octanol–water partition coefficient (Wildman–Crippen LogP) is 2.19. The van der Waals surface area contributed by atoms with Gasteiger partial charge in [-0.05, 0) is 48.9 Å². The van der Waals surface area contributed by atoms with Crippen molar-refractivity contribution in [2.24, 2.45) is 0 Å². The van der Waals surface area contributed by atoms with Crippen LogP contribution in [0.5, 0.6) is 0 Å². The lowest BCUT2D eigenvalue weighted by Crippen LogP contribution is -2.49. The lowest BCUT2D eigenvalue weighted by molar-refractivity contribution is -0.0155. The molecule has 0 atom stereocenters. The summed E-state index contributed by atoms with van der Waals surface area (Å²) < 4.78 is 7.23. The summed E-state index contributed by atoms with van der Waals surface area (Å²) >= 11 is 6.14. The molecule has 3 rings (SSSR count). The third kappa shape index (κ3) is 2.74. The van der Waals surface area contributed by atoms with Crippen LogP contribution in [0, 0.1) is 6.92 Å². The number of halogens is 1. The van der Waals surface area contributed by atoms with Crippen molar-refractivity contribution in [1.82, 2.24) is 25.1 Å². The molecular weight excluding hydrogens is 302 g/mol. The molecule has 2 heterocycles. The summed E-state index contributed by atoms with van der Waals surface area (Å²) in [4.78, 5) is 2.35. The minimum atomic E-state index is -0.290. The first kappa shape index (κ1) is 15.4. The molecule has 0 spiro atoms. The largest absolute Gasteiger partial charge is 0.379 e. The maximum atomic E-state index is 6.14. The second-order valence-corrected chi connectivity index (χ2v) is 6.44. The molecule has 118 valence electrons. The van der Waals surface area contributed by atoms with Crippen LogP contribution >= 0.6 is 11.6 Å². The highest BCUT2D eigenvalue weighted by atomic mass is 35.5. The molecule has 1 aromatic carbocycles. The van der Waals surface area contributed by atoms with Gasteiger partial charge in [0.15, 0.2) is 5.82 Å². The van der Waals surface area contributed by atoms with E-state index in [1.165, 1.54) is 0 Å². The van der Waals surface area contributed by atoms with Gasteiger partial charge in [-0.15, -0.1) is 5.10 Å². The van der Waals surface area contributed by atoms with Gasteiger partial charge in [-0.2, -0.15) is 4.68 Å². The van der Waals surface area contributed by atoms with Crippen LogP contribution in [-0.2, 0) is 10.3 Å². The average Bonchev–Trinajstić information content (AvgIpc) is 3.01. The van der Waals surface area contributed by atoms with Crippen molar-refractivity contribution in [2.45, 2.75) is 26.3 Å². The molecule has 7 heteroatoms. The maximum absolute atomic E-state index is 6.14. The SMILES string of the molecule is Cc1ccc(Cl)cc1-n1nnnc1C(C)(C)N1CCOCC1. The lowest BCUT2D eigenvalue weighted by atomic mass is 10.0. The van der Waals surface area contributed by atoms with Crippen LogP contribution in [0.1, 0.15) is 25.2 Å². The van der Waals surface area contributed by atoms with Crippen LogP contribution in [0.15, 0.2) is 18.2 Å². The molecule has 0 aliphatic carbocycles.